The Labute approximate surface area is 184 Å². The third-order valence-corrected chi connectivity index (χ3v) is 5.56. The Hall–Kier alpha value is -2.97. The van der Waals surface area contributed by atoms with E-state index >= 15 is 0 Å². The topological polar surface area (TPSA) is 80.7 Å². The summed E-state index contributed by atoms with van der Waals surface area (Å²) in [5.41, 5.74) is 1.20. The number of hydrogen-bond acceptors (Lipinski definition) is 5. The van der Waals surface area contributed by atoms with Gasteiger partial charge in [0.05, 0.1) is 6.61 Å². The van der Waals surface area contributed by atoms with E-state index in [2.05, 4.69) is 32.2 Å². The lowest BCUT2D eigenvalue weighted by Gasteiger charge is -2.37. The second kappa shape index (κ2) is 11.4. The van der Waals surface area contributed by atoms with Crippen LogP contribution in [0.5, 0.6) is 0 Å². The van der Waals surface area contributed by atoms with Gasteiger partial charge in [0.1, 0.15) is 6.54 Å². The second-order valence-electron chi connectivity index (χ2n) is 7.55. The Morgan fingerprint density at radius 3 is 2.13 bits per heavy atom. The number of amides is 2. The van der Waals surface area contributed by atoms with Crippen LogP contribution in [0.15, 0.2) is 35.3 Å². The minimum atomic E-state index is -0.270. The van der Waals surface area contributed by atoms with Crippen LogP contribution in [0.4, 0.5) is 10.5 Å². The van der Waals surface area contributed by atoms with Crippen LogP contribution >= 0.6 is 0 Å². The molecule has 0 radical (unpaired) electrons. The summed E-state index contributed by atoms with van der Waals surface area (Å²) in [6.07, 6.45) is -0.270. The highest BCUT2D eigenvalue weighted by molar-refractivity contribution is 5.85. The molecule has 2 amide bonds. The molecule has 2 fully saturated rings. The number of carbonyl (C=O) groups excluding carboxylic acids is 2. The zero-order valence-corrected chi connectivity index (χ0v) is 18.6. The third kappa shape index (κ3) is 6.26. The van der Waals surface area contributed by atoms with Gasteiger partial charge in [-0.15, -0.1) is 0 Å². The fourth-order valence-corrected chi connectivity index (χ4v) is 3.84. The first kappa shape index (κ1) is 22.7. The maximum Gasteiger partial charge on any atom is 0.409 e. The summed E-state index contributed by atoms with van der Waals surface area (Å²) in [4.78, 5) is 37.2. The van der Waals surface area contributed by atoms with Gasteiger partial charge >= 0.3 is 6.09 Å². The number of rotatable bonds is 5. The molecule has 0 aliphatic carbocycles. The molecule has 1 aromatic carbocycles. The smallest absolute Gasteiger partial charge is 0.409 e. The van der Waals surface area contributed by atoms with Crippen LogP contribution in [0, 0.1) is 0 Å². The lowest BCUT2D eigenvalue weighted by molar-refractivity contribution is -0.129. The number of nitrogens with zero attached hydrogens (tertiary/aromatic N) is 5. The number of nitrogens with one attached hydrogen (secondary N) is 1. The summed E-state index contributed by atoms with van der Waals surface area (Å²) in [5.74, 6) is 0.774. The van der Waals surface area contributed by atoms with E-state index in [-0.39, 0.29) is 18.5 Å². The average molecular weight is 431 g/mol. The van der Waals surface area contributed by atoms with Crippen LogP contribution in [0.3, 0.4) is 0 Å². The lowest BCUT2D eigenvalue weighted by atomic mass is 10.2. The molecule has 1 N–H and O–H groups in total. The number of anilines is 1. The Morgan fingerprint density at radius 2 is 1.52 bits per heavy atom. The molecular weight excluding hydrogens is 396 g/mol. The van der Waals surface area contributed by atoms with Gasteiger partial charge in [0.2, 0.25) is 5.91 Å². The van der Waals surface area contributed by atoms with Crippen molar-refractivity contribution in [3.05, 3.63) is 30.3 Å². The molecule has 0 unspecified atom stereocenters. The normalized spacial score (nSPS) is 17.5. The first-order valence-electron chi connectivity index (χ1n) is 11.1. The van der Waals surface area contributed by atoms with Crippen molar-refractivity contribution in [2.75, 3.05) is 77.0 Å². The predicted molar refractivity (Wildman–Crippen MR) is 121 cm³/mol. The van der Waals surface area contributed by atoms with Crippen molar-refractivity contribution in [2.24, 2.45) is 4.99 Å². The predicted octanol–water partition coefficient (Wildman–Crippen LogP) is 1.07. The minimum Gasteiger partial charge on any atom is -0.450 e. The molecule has 9 nitrogen and oxygen atoms in total. The molecule has 1 aromatic rings. The van der Waals surface area contributed by atoms with Gasteiger partial charge < -0.3 is 29.7 Å². The number of piperazine rings is 2. The van der Waals surface area contributed by atoms with Crippen LogP contribution in [-0.4, -0.2) is 105 Å². The van der Waals surface area contributed by atoms with Crippen molar-refractivity contribution in [2.45, 2.75) is 13.8 Å². The van der Waals surface area contributed by atoms with Crippen LogP contribution in [0.1, 0.15) is 13.8 Å². The second-order valence-corrected chi connectivity index (χ2v) is 7.55. The number of para-hydroxylation sites is 1. The van der Waals surface area contributed by atoms with Gasteiger partial charge in [-0.05, 0) is 26.0 Å². The zero-order chi connectivity index (χ0) is 22.1. The number of aliphatic imine (C=N–C) groups is 1. The largest absolute Gasteiger partial charge is 0.450 e. The Morgan fingerprint density at radius 1 is 0.903 bits per heavy atom. The Bertz CT molecular complexity index is 741. The molecule has 3 rings (SSSR count). The van der Waals surface area contributed by atoms with E-state index in [0.29, 0.717) is 45.9 Å². The number of hydrogen-bond donors (Lipinski definition) is 1. The van der Waals surface area contributed by atoms with Crippen molar-refractivity contribution in [3.8, 4) is 0 Å². The van der Waals surface area contributed by atoms with Crippen LogP contribution in [-0.2, 0) is 9.53 Å². The van der Waals surface area contributed by atoms with E-state index in [1.165, 1.54) is 5.69 Å². The van der Waals surface area contributed by atoms with Gasteiger partial charge in [-0.3, -0.25) is 4.79 Å². The fraction of sp³-hybridized carbons (Fsp3) is 0.591. The SMILES string of the molecule is CCNC(=NCC(=O)N1CCN(c2ccccc2)CC1)N1CCN(C(=O)OCC)CC1. The molecule has 0 aromatic heterocycles. The summed E-state index contributed by atoms with van der Waals surface area (Å²) < 4.78 is 5.08. The highest BCUT2D eigenvalue weighted by Gasteiger charge is 2.25. The number of ether oxygens (including phenoxy) is 1. The first-order chi connectivity index (χ1) is 15.1. The Balaban J connectivity index is 1.49. The first-order valence-corrected chi connectivity index (χ1v) is 11.1. The van der Waals surface area contributed by atoms with Gasteiger partial charge in [0.15, 0.2) is 5.96 Å². The average Bonchev–Trinajstić information content (AvgIpc) is 2.82. The van der Waals surface area contributed by atoms with Crippen molar-refractivity contribution in [1.29, 1.82) is 0 Å². The highest BCUT2D eigenvalue weighted by Crippen LogP contribution is 2.15. The van der Waals surface area contributed by atoms with Gasteiger partial charge in [-0.2, -0.15) is 0 Å². The Kier molecular flexibility index (Phi) is 8.37. The molecule has 170 valence electrons. The quantitative estimate of drug-likeness (QED) is 0.556. The monoisotopic (exact) mass is 430 g/mol. The van der Waals surface area contributed by atoms with Crippen LogP contribution in [0.25, 0.3) is 0 Å². The number of benzene rings is 1. The maximum atomic E-state index is 12.7. The molecule has 0 spiro atoms. The van der Waals surface area contributed by atoms with Gasteiger partial charge in [0, 0.05) is 64.6 Å². The van der Waals surface area contributed by atoms with Crippen molar-refractivity contribution < 1.29 is 14.3 Å². The number of guanidine groups is 1. The van der Waals surface area contributed by atoms with Crippen LogP contribution in [0.2, 0.25) is 0 Å². The summed E-state index contributed by atoms with van der Waals surface area (Å²) in [5, 5.41) is 3.27. The maximum absolute atomic E-state index is 12.7. The van der Waals surface area contributed by atoms with Gasteiger partial charge in [-0.25, -0.2) is 9.79 Å². The van der Waals surface area contributed by atoms with Gasteiger partial charge in [0.25, 0.3) is 0 Å². The van der Waals surface area contributed by atoms with Crippen LogP contribution < -0.4 is 10.2 Å². The van der Waals surface area contributed by atoms with E-state index in [0.717, 1.165) is 25.6 Å². The van der Waals surface area contributed by atoms with E-state index in [9.17, 15) is 9.59 Å². The molecule has 0 bridgehead atoms. The minimum absolute atomic E-state index is 0.0493. The van der Waals surface area contributed by atoms with E-state index in [1.54, 1.807) is 4.90 Å². The summed E-state index contributed by atoms with van der Waals surface area (Å²) in [7, 11) is 0. The van der Waals surface area contributed by atoms with E-state index in [1.807, 2.05) is 36.9 Å². The molecule has 2 aliphatic heterocycles. The molecule has 0 saturated carbocycles. The molecule has 2 saturated heterocycles. The standard InChI is InChI=1S/C22H34N6O3/c1-3-23-21(27-14-16-28(17-15-27)22(30)31-4-2)24-18-20(29)26-12-10-25(11-13-26)19-8-6-5-7-9-19/h5-9H,3-4,10-18H2,1-2H3,(H,23,24). The number of carbonyl (C=O) groups is 2. The van der Waals surface area contributed by atoms with Crippen molar-refractivity contribution in [3.63, 3.8) is 0 Å². The summed E-state index contributed by atoms with van der Waals surface area (Å²) in [6, 6.07) is 10.3. The fourth-order valence-electron chi connectivity index (χ4n) is 3.84. The molecule has 0 atom stereocenters. The lowest BCUT2D eigenvalue weighted by Crippen LogP contribution is -2.54. The van der Waals surface area contributed by atoms with E-state index < -0.39 is 0 Å². The molecule has 31 heavy (non-hydrogen) atoms. The molecule has 2 aliphatic rings. The summed E-state index contributed by atoms with van der Waals surface area (Å²) in [6.45, 7) is 10.6. The third-order valence-electron chi connectivity index (χ3n) is 5.56. The molecule has 2 heterocycles. The molecular formula is C22H34N6O3. The van der Waals surface area contributed by atoms with E-state index in [4.69, 9.17) is 4.74 Å². The molecule has 9 heteroatoms. The van der Waals surface area contributed by atoms with Gasteiger partial charge in [-0.1, -0.05) is 18.2 Å². The summed E-state index contributed by atoms with van der Waals surface area (Å²) >= 11 is 0. The van der Waals surface area contributed by atoms with Crippen molar-refractivity contribution in [1.82, 2.24) is 20.0 Å². The van der Waals surface area contributed by atoms with Crippen molar-refractivity contribution >= 4 is 23.6 Å². The zero-order valence-electron chi connectivity index (χ0n) is 18.6. The highest BCUT2D eigenvalue weighted by atomic mass is 16.6.